The van der Waals surface area contributed by atoms with Gasteiger partial charge in [-0.3, -0.25) is 4.79 Å². The zero-order valence-corrected chi connectivity index (χ0v) is 19.8. The number of nitrogens with zero attached hydrogens (tertiary/aromatic N) is 3. The molecule has 1 aromatic rings. The number of piperidine rings is 1. The van der Waals surface area contributed by atoms with Crippen molar-refractivity contribution >= 4 is 5.91 Å². The zero-order chi connectivity index (χ0) is 21.6. The monoisotopic (exact) mass is 426 g/mol. The Morgan fingerprint density at radius 3 is 2.23 bits per heavy atom. The second-order valence-corrected chi connectivity index (χ2v) is 10.4. The van der Waals surface area contributed by atoms with Crippen LogP contribution in [0.2, 0.25) is 0 Å². The van der Waals surface area contributed by atoms with Gasteiger partial charge in [0.25, 0.3) is 0 Å². The van der Waals surface area contributed by atoms with E-state index in [0.29, 0.717) is 18.4 Å². The molecule has 31 heavy (non-hydrogen) atoms. The number of hydrogen-bond donors (Lipinski definition) is 1. The molecule has 1 saturated heterocycles. The van der Waals surface area contributed by atoms with E-state index >= 15 is 0 Å². The molecule has 0 unspecified atom stereocenters. The molecule has 2 aliphatic carbocycles. The lowest BCUT2D eigenvalue weighted by atomic mass is 9.87. The van der Waals surface area contributed by atoms with Crippen LogP contribution in [0.5, 0.6) is 0 Å². The van der Waals surface area contributed by atoms with E-state index in [2.05, 4.69) is 24.1 Å². The lowest BCUT2D eigenvalue weighted by Crippen LogP contribution is -2.39. The largest absolute Gasteiger partial charge is 0.353 e. The summed E-state index contributed by atoms with van der Waals surface area (Å²) >= 11 is 0. The smallest absolute Gasteiger partial charge is 0.224 e. The summed E-state index contributed by atoms with van der Waals surface area (Å²) in [6.07, 6.45) is 15.9. The van der Waals surface area contributed by atoms with Gasteiger partial charge in [-0.2, -0.15) is 0 Å². The van der Waals surface area contributed by atoms with E-state index < -0.39 is 0 Å². The second-order valence-electron chi connectivity index (χ2n) is 10.4. The highest BCUT2D eigenvalue weighted by molar-refractivity contribution is 5.79. The lowest BCUT2D eigenvalue weighted by Gasteiger charge is -2.35. The van der Waals surface area contributed by atoms with Crippen molar-refractivity contribution in [3.63, 3.8) is 0 Å². The number of rotatable bonds is 6. The van der Waals surface area contributed by atoms with Gasteiger partial charge >= 0.3 is 0 Å². The van der Waals surface area contributed by atoms with Crippen molar-refractivity contribution in [1.82, 2.24) is 20.2 Å². The Kier molecular flexibility index (Phi) is 7.97. The molecule has 1 N–H and O–H groups in total. The molecular formula is C26H42N4O. The minimum atomic E-state index is 0.130. The van der Waals surface area contributed by atoms with Crippen LogP contribution in [0.25, 0.3) is 0 Å². The van der Waals surface area contributed by atoms with E-state index in [0.717, 1.165) is 48.1 Å². The highest BCUT2D eigenvalue weighted by Crippen LogP contribution is 2.29. The summed E-state index contributed by atoms with van der Waals surface area (Å²) in [5.41, 5.74) is 3.00. The van der Waals surface area contributed by atoms with E-state index in [1.54, 1.807) is 0 Å². The number of amides is 1. The van der Waals surface area contributed by atoms with Crippen LogP contribution in [0, 0.1) is 19.8 Å². The van der Waals surface area contributed by atoms with Crippen molar-refractivity contribution in [1.29, 1.82) is 0 Å². The van der Waals surface area contributed by atoms with Crippen LogP contribution < -0.4 is 5.32 Å². The van der Waals surface area contributed by atoms with Gasteiger partial charge in [0, 0.05) is 42.0 Å². The molecule has 1 amide bonds. The van der Waals surface area contributed by atoms with Gasteiger partial charge in [0.1, 0.15) is 5.82 Å². The number of nitrogens with one attached hydrogen (secondary N) is 1. The predicted molar refractivity (Wildman–Crippen MR) is 125 cm³/mol. The van der Waals surface area contributed by atoms with E-state index in [1.165, 1.54) is 77.3 Å². The van der Waals surface area contributed by atoms with Crippen LogP contribution in [0.4, 0.5) is 0 Å². The number of carbonyl (C=O) groups excluding carboxylic acids is 1. The second kappa shape index (κ2) is 10.9. The van der Waals surface area contributed by atoms with Gasteiger partial charge in [-0.15, -0.1) is 0 Å². The SMILES string of the molecule is Cc1nc([C@H]2CCCN(CC3CCCCC3)C2)nc(C)c1CC(=O)NC1CCCCC1. The summed E-state index contributed by atoms with van der Waals surface area (Å²) in [7, 11) is 0. The fourth-order valence-corrected chi connectivity index (χ4v) is 6.06. The predicted octanol–water partition coefficient (Wildman–Crippen LogP) is 4.84. The number of aromatic nitrogens is 2. The summed E-state index contributed by atoms with van der Waals surface area (Å²) < 4.78 is 0. The summed E-state index contributed by atoms with van der Waals surface area (Å²) in [5, 5.41) is 3.24. The summed E-state index contributed by atoms with van der Waals surface area (Å²) in [4.78, 5) is 25.1. The van der Waals surface area contributed by atoms with Crippen molar-refractivity contribution in [2.24, 2.45) is 5.92 Å². The molecule has 4 rings (SSSR count). The standard InChI is InChI=1S/C26H42N4O/c1-19-24(16-25(31)29-23-13-7-4-8-14-23)20(2)28-26(27-19)22-12-9-15-30(18-22)17-21-10-5-3-6-11-21/h21-23H,3-18H2,1-2H3,(H,29,31)/t22-/m0/s1. The third kappa shape index (κ3) is 6.27. The Morgan fingerprint density at radius 2 is 1.55 bits per heavy atom. The van der Waals surface area contributed by atoms with Gasteiger partial charge < -0.3 is 10.2 Å². The van der Waals surface area contributed by atoms with Crippen LogP contribution in [-0.2, 0) is 11.2 Å². The van der Waals surface area contributed by atoms with Crippen LogP contribution in [0.15, 0.2) is 0 Å². The Labute approximate surface area is 188 Å². The molecule has 1 aromatic heterocycles. The number of aryl methyl sites for hydroxylation is 2. The zero-order valence-electron chi connectivity index (χ0n) is 19.8. The first-order valence-corrected chi connectivity index (χ1v) is 12.9. The number of likely N-dealkylation sites (tertiary alicyclic amines) is 1. The Hall–Kier alpha value is -1.49. The van der Waals surface area contributed by atoms with Crippen LogP contribution in [0.3, 0.4) is 0 Å². The first kappa shape index (κ1) is 22.7. The minimum Gasteiger partial charge on any atom is -0.353 e. The maximum Gasteiger partial charge on any atom is 0.224 e. The van der Waals surface area contributed by atoms with Crippen LogP contribution >= 0.6 is 0 Å². The first-order valence-electron chi connectivity index (χ1n) is 12.9. The van der Waals surface area contributed by atoms with Crippen molar-refractivity contribution in [2.75, 3.05) is 19.6 Å². The van der Waals surface area contributed by atoms with Gasteiger partial charge in [0.15, 0.2) is 0 Å². The molecule has 3 aliphatic rings. The van der Waals surface area contributed by atoms with Crippen LogP contribution in [0.1, 0.15) is 106 Å². The summed E-state index contributed by atoms with van der Waals surface area (Å²) in [6.45, 7) is 7.70. The fourth-order valence-electron chi connectivity index (χ4n) is 6.06. The maximum absolute atomic E-state index is 12.6. The average Bonchev–Trinajstić information content (AvgIpc) is 2.78. The molecule has 2 saturated carbocycles. The van der Waals surface area contributed by atoms with Crippen LogP contribution in [-0.4, -0.2) is 46.5 Å². The Balaban J connectivity index is 1.36. The molecule has 5 nitrogen and oxygen atoms in total. The number of carbonyl (C=O) groups is 1. The molecule has 1 aliphatic heterocycles. The van der Waals surface area contributed by atoms with Crippen molar-refractivity contribution in [3.8, 4) is 0 Å². The average molecular weight is 427 g/mol. The molecule has 0 spiro atoms. The summed E-state index contributed by atoms with van der Waals surface area (Å²) in [6, 6.07) is 0.361. The molecule has 172 valence electrons. The van der Waals surface area contributed by atoms with Gasteiger partial charge in [-0.05, 0) is 64.8 Å². The third-order valence-electron chi connectivity index (χ3n) is 7.86. The molecule has 3 fully saturated rings. The van der Waals surface area contributed by atoms with E-state index in [-0.39, 0.29) is 5.91 Å². The van der Waals surface area contributed by atoms with E-state index in [1.807, 2.05) is 0 Å². The molecule has 0 radical (unpaired) electrons. The van der Waals surface area contributed by atoms with Gasteiger partial charge in [0.05, 0.1) is 6.42 Å². The molecule has 5 heteroatoms. The molecule has 2 heterocycles. The highest BCUT2D eigenvalue weighted by Gasteiger charge is 2.27. The Morgan fingerprint density at radius 1 is 0.903 bits per heavy atom. The van der Waals surface area contributed by atoms with Gasteiger partial charge in [0.2, 0.25) is 5.91 Å². The van der Waals surface area contributed by atoms with Crippen molar-refractivity contribution in [3.05, 3.63) is 22.8 Å². The highest BCUT2D eigenvalue weighted by atomic mass is 16.1. The van der Waals surface area contributed by atoms with E-state index in [4.69, 9.17) is 9.97 Å². The topological polar surface area (TPSA) is 58.1 Å². The number of hydrogen-bond acceptors (Lipinski definition) is 4. The fraction of sp³-hybridized carbons (Fsp3) is 0.808. The maximum atomic E-state index is 12.6. The quantitative estimate of drug-likeness (QED) is 0.707. The first-order chi connectivity index (χ1) is 15.1. The molecule has 0 bridgehead atoms. The molecule has 0 aromatic carbocycles. The Bertz CT molecular complexity index is 714. The lowest BCUT2D eigenvalue weighted by molar-refractivity contribution is -0.121. The molecular weight excluding hydrogens is 384 g/mol. The van der Waals surface area contributed by atoms with Gasteiger partial charge in [-0.1, -0.05) is 38.5 Å². The normalized spacial score (nSPS) is 24.3. The van der Waals surface area contributed by atoms with Gasteiger partial charge in [-0.25, -0.2) is 9.97 Å². The summed E-state index contributed by atoms with van der Waals surface area (Å²) in [5.74, 6) is 2.45. The minimum absolute atomic E-state index is 0.130. The van der Waals surface area contributed by atoms with Crippen molar-refractivity contribution in [2.45, 2.75) is 109 Å². The van der Waals surface area contributed by atoms with Crippen molar-refractivity contribution < 1.29 is 4.79 Å². The molecule has 1 atom stereocenters. The van der Waals surface area contributed by atoms with E-state index in [9.17, 15) is 4.79 Å². The third-order valence-corrected chi connectivity index (χ3v) is 7.86.